The number of nitrogens with zero attached hydrogens (tertiary/aromatic N) is 1. The monoisotopic (exact) mass is 314 g/mol. The minimum atomic E-state index is 0.00776. The number of likely N-dealkylation sites (tertiary alicyclic amines) is 1. The van der Waals surface area contributed by atoms with Crippen LogP contribution in [0, 0.1) is 0 Å². The summed E-state index contributed by atoms with van der Waals surface area (Å²) < 4.78 is 0. The van der Waals surface area contributed by atoms with Crippen LogP contribution in [0.2, 0.25) is 5.02 Å². The third kappa shape index (κ3) is 3.60. The van der Waals surface area contributed by atoms with Gasteiger partial charge in [-0.1, -0.05) is 54.1 Å². The van der Waals surface area contributed by atoms with Crippen LogP contribution in [0.3, 0.4) is 0 Å². The predicted octanol–water partition coefficient (Wildman–Crippen LogP) is 4.04. The number of carbonyl (C=O) groups excluding carboxylic acids is 1. The molecule has 3 nitrogen and oxygen atoms in total. The molecule has 0 aromatic heterocycles. The van der Waals surface area contributed by atoms with Gasteiger partial charge in [0, 0.05) is 30.6 Å². The summed E-state index contributed by atoms with van der Waals surface area (Å²) in [6, 6.07) is 18.0. The molecule has 0 saturated carbocycles. The minimum Gasteiger partial charge on any atom is -0.334 e. The Labute approximate surface area is 135 Å². The van der Waals surface area contributed by atoms with Crippen LogP contribution in [0.5, 0.6) is 0 Å². The van der Waals surface area contributed by atoms with Crippen molar-refractivity contribution in [2.45, 2.75) is 18.9 Å². The number of amides is 2. The van der Waals surface area contributed by atoms with E-state index in [0.29, 0.717) is 17.5 Å². The fourth-order valence-electron chi connectivity index (χ4n) is 2.83. The molecular weight excluding hydrogens is 296 g/mol. The van der Waals surface area contributed by atoms with Crippen molar-refractivity contribution >= 4 is 17.6 Å². The van der Waals surface area contributed by atoms with Gasteiger partial charge in [-0.15, -0.1) is 0 Å². The first-order chi connectivity index (χ1) is 10.7. The zero-order valence-electron chi connectivity index (χ0n) is 12.3. The normalized spacial score (nSPS) is 17.5. The number of benzene rings is 2. The van der Waals surface area contributed by atoms with E-state index in [9.17, 15) is 4.79 Å². The van der Waals surface area contributed by atoms with E-state index in [-0.39, 0.29) is 6.03 Å². The second-order valence-corrected chi connectivity index (χ2v) is 6.06. The Kier molecular flexibility index (Phi) is 4.64. The first-order valence-electron chi connectivity index (χ1n) is 7.54. The average Bonchev–Trinajstić information content (AvgIpc) is 3.05. The SMILES string of the molecule is O=C(NCc1ccc(Cl)cc1)N1CCC(c2ccccc2)C1. The maximum Gasteiger partial charge on any atom is 0.317 e. The third-order valence-corrected chi connectivity index (χ3v) is 4.36. The van der Waals surface area contributed by atoms with Crippen molar-refractivity contribution in [1.29, 1.82) is 0 Å². The van der Waals surface area contributed by atoms with Gasteiger partial charge in [0.15, 0.2) is 0 Å². The number of carbonyl (C=O) groups is 1. The van der Waals surface area contributed by atoms with E-state index < -0.39 is 0 Å². The molecule has 114 valence electrons. The average molecular weight is 315 g/mol. The number of urea groups is 1. The first-order valence-corrected chi connectivity index (χ1v) is 7.92. The summed E-state index contributed by atoms with van der Waals surface area (Å²) in [5.74, 6) is 0.447. The van der Waals surface area contributed by atoms with Crippen molar-refractivity contribution in [3.8, 4) is 0 Å². The van der Waals surface area contributed by atoms with Gasteiger partial charge in [-0.25, -0.2) is 4.79 Å². The van der Waals surface area contributed by atoms with Crippen molar-refractivity contribution in [2.75, 3.05) is 13.1 Å². The molecule has 22 heavy (non-hydrogen) atoms. The summed E-state index contributed by atoms with van der Waals surface area (Å²) >= 11 is 5.86. The highest BCUT2D eigenvalue weighted by atomic mass is 35.5. The molecule has 1 aliphatic rings. The number of rotatable bonds is 3. The van der Waals surface area contributed by atoms with Gasteiger partial charge in [0.1, 0.15) is 0 Å². The largest absolute Gasteiger partial charge is 0.334 e. The molecule has 1 fully saturated rings. The Morgan fingerprint density at radius 3 is 2.59 bits per heavy atom. The van der Waals surface area contributed by atoms with E-state index >= 15 is 0 Å². The molecule has 1 atom stereocenters. The second-order valence-electron chi connectivity index (χ2n) is 5.63. The Morgan fingerprint density at radius 1 is 1.14 bits per heavy atom. The van der Waals surface area contributed by atoms with Crippen LogP contribution in [-0.2, 0) is 6.54 Å². The van der Waals surface area contributed by atoms with E-state index in [1.54, 1.807) is 0 Å². The van der Waals surface area contributed by atoms with Crippen molar-refractivity contribution < 1.29 is 4.79 Å². The fraction of sp³-hybridized carbons (Fsp3) is 0.278. The molecule has 1 heterocycles. The molecule has 0 aliphatic carbocycles. The van der Waals surface area contributed by atoms with Gasteiger partial charge in [0.05, 0.1) is 0 Å². The maximum atomic E-state index is 12.3. The Morgan fingerprint density at radius 2 is 1.86 bits per heavy atom. The lowest BCUT2D eigenvalue weighted by Crippen LogP contribution is -2.37. The second kappa shape index (κ2) is 6.84. The molecule has 2 amide bonds. The van der Waals surface area contributed by atoms with Crippen molar-refractivity contribution in [1.82, 2.24) is 10.2 Å². The lowest BCUT2D eigenvalue weighted by molar-refractivity contribution is 0.208. The van der Waals surface area contributed by atoms with Crippen LogP contribution in [0.1, 0.15) is 23.5 Å². The van der Waals surface area contributed by atoms with Gasteiger partial charge >= 0.3 is 6.03 Å². The minimum absolute atomic E-state index is 0.00776. The van der Waals surface area contributed by atoms with Crippen LogP contribution >= 0.6 is 11.6 Å². The standard InChI is InChI=1S/C18H19ClN2O/c19-17-8-6-14(7-9-17)12-20-18(22)21-11-10-16(13-21)15-4-2-1-3-5-15/h1-9,16H,10-13H2,(H,20,22). The van der Waals surface area contributed by atoms with Crippen molar-refractivity contribution in [2.24, 2.45) is 0 Å². The highest BCUT2D eigenvalue weighted by molar-refractivity contribution is 6.30. The van der Waals surface area contributed by atoms with E-state index in [1.165, 1.54) is 5.56 Å². The Balaban J connectivity index is 1.52. The Bertz CT molecular complexity index is 627. The summed E-state index contributed by atoms with van der Waals surface area (Å²) in [6.07, 6.45) is 1.03. The van der Waals surface area contributed by atoms with E-state index in [1.807, 2.05) is 35.2 Å². The molecule has 0 spiro atoms. The van der Waals surface area contributed by atoms with Crippen LogP contribution < -0.4 is 5.32 Å². The molecule has 1 unspecified atom stereocenters. The number of hydrogen-bond donors (Lipinski definition) is 1. The molecule has 0 bridgehead atoms. The van der Waals surface area contributed by atoms with Crippen LogP contribution in [0.25, 0.3) is 0 Å². The molecule has 4 heteroatoms. The lowest BCUT2D eigenvalue weighted by atomic mass is 9.99. The van der Waals surface area contributed by atoms with Crippen LogP contribution in [0.15, 0.2) is 54.6 Å². The Hall–Kier alpha value is -2.00. The van der Waals surface area contributed by atoms with E-state index in [2.05, 4.69) is 29.6 Å². The topological polar surface area (TPSA) is 32.3 Å². The van der Waals surface area contributed by atoms with Crippen LogP contribution in [0.4, 0.5) is 4.79 Å². The van der Waals surface area contributed by atoms with Gasteiger partial charge in [-0.05, 0) is 29.7 Å². The summed E-state index contributed by atoms with van der Waals surface area (Å²) in [5.41, 5.74) is 2.37. The van der Waals surface area contributed by atoms with Gasteiger partial charge in [0.2, 0.25) is 0 Å². The van der Waals surface area contributed by atoms with E-state index in [4.69, 9.17) is 11.6 Å². The number of halogens is 1. The number of hydrogen-bond acceptors (Lipinski definition) is 1. The summed E-state index contributed by atoms with van der Waals surface area (Å²) in [6.45, 7) is 2.13. The summed E-state index contributed by atoms with van der Waals surface area (Å²) in [7, 11) is 0. The summed E-state index contributed by atoms with van der Waals surface area (Å²) in [4.78, 5) is 14.1. The van der Waals surface area contributed by atoms with Gasteiger partial charge in [-0.3, -0.25) is 0 Å². The third-order valence-electron chi connectivity index (χ3n) is 4.10. The van der Waals surface area contributed by atoms with Crippen molar-refractivity contribution in [3.63, 3.8) is 0 Å². The molecule has 1 saturated heterocycles. The lowest BCUT2D eigenvalue weighted by Gasteiger charge is -2.17. The predicted molar refractivity (Wildman–Crippen MR) is 89.1 cm³/mol. The van der Waals surface area contributed by atoms with Gasteiger partial charge in [-0.2, -0.15) is 0 Å². The molecule has 0 radical (unpaired) electrons. The maximum absolute atomic E-state index is 12.3. The zero-order valence-corrected chi connectivity index (χ0v) is 13.1. The van der Waals surface area contributed by atoms with Gasteiger partial charge in [0.25, 0.3) is 0 Å². The van der Waals surface area contributed by atoms with Gasteiger partial charge < -0.3 is 10.2 Å². The summed E-state index contributed by atoms with van der Waals surface area (Å²) in [5, 5.41) is 3.68. The van der Waals surface area contributed by atoms with Crippen LogP contribution in [-0.4, -0.2) is 24.0 Å². The fourth-order valence-corrected chi connectivity index (χ4v) is 2.96. The molecule has 2 aromatic carbocycles. The zero-order chi connectivity index (χ0) is 15.4. The molecule has 2 aromatic rings. The number of nitrogens with one attached hydrogen (secondary N) is 1. The highest BCUT2D eigenvalue weighted by Gasteiger charge is 2.26. The molecule has 1 N–H and O–H groups in total. The van der Waals surface area contributed by atoms with E-state index in [0.717, 1.165) is 25.1 Å². The molecular formula is C18H19ClN2O. The molecule has 3 rings (SSSR count). The smallest absolute Gasteiger partial charge is 0.317 e. The highest BCUT2D eigenvalue weighted by Crippen LogP contribution is 2.26. The molecule has 1 aliphatic heterocycles. The van der Waals surface area contributed by atoms with Crippen molar-refractivity contribution in [3.05, 3.63) is 70.7 Å². The first kappa shape index (κ1) is 14.9. The quantitative estimate of drug-likeness (QED) is 0.911.